The Morgan fingerprint density at radius 2 is 1.89 bits per heavy atom. The number of hydrogen-bond donors (Lipinski definition) is 3. The number of hydrogen-bond acceptors (Lipinski definition) is 6. The van der Waals surface area contributed by atoms with Crippen molar-refractivity contribution in [3.05, 3.63) is 71.4 Å². The number of imidazole rings is 1. The number of aromatic nitrogens is 6. The van der Waals surface area contributed by atoms with Crippen molar-refractivity contribution in [1.29, 1.82) is 0 Å². The first kappa shape index (κ1) is 23.3. The van der Waals surface area contributed by atoms with E-state index in [9.17, 15) is 0 Å². The average molecular weight is 520 g/mol. The van der Waals surface area contributed by atoms with Gasteiger partial charge in [0.25, 0.3) is 0 Å². The van der Waals surface area contributed by atoms with Gasteiger partial charge in [0.2, 0.25) is 0 Å². The van der Waals surface area contributed by atoms with Gasteiger partial charge in [0, 0.05) is 39.8 Å². The zero-order chi connectivity index (χ0) is 25.5. The van der Waals surface area contributed by atoms with Crippen LogP contribution in [0.1, 0.15) is 36.1 Å². The number of aryl methyl sites for hydroxylation is 1. The maximum Gasteiger partial charge on any atom is 0.161 e. The van der Waals surface area contributed by atoms with E-state index in [1.165, 1.54) is 41.0 Å². The standard InChI is InChI=1S/C30H29N7S/c1-18-9-12-26(38-18)22-7-4-8-24-27(22)35-30(34-24)29-28-25(36-37-29)11-10-23(33-28)21-13-20(16-32-17-21)15-31-14-19-5-2-3-6-19/h4,7-13,16-17,19,31H,2-3,5-6,14-15H2,1H3,(H,34,35)(H,36,37). The minimum absolute atomic E-state index is 0.708. The van der Waals surface area contributed by atoms with Gasteiger partial charge in [0.05, 0.1) is 22.2 Å². The van der Waals surface area contributed by atoms with Crippen molar-refractivity contribution >= 4 is 33.4 Å². The molecule has 1 aliphatic carbocycles. The number of thiophene rings is 1. The van der Waals surface area contributed by atoms with Gasteiger partial charge in [-0.2, -0.15) is 5.10 Å². The normalized spacial score (nSPS) is 14.2. The van der Waals surface area contributed by atoms with Gasteiger partial charge in [0.15, 0.2) is 11.5 Å². The van der Waals surface area contributed by atoms with Crippen LogP contribution < -0.4 is 5.32 Å². The third kappa shape index (κ3) is 4.40. The van der Waals surface area contributed by atoms with E-state index in [0.29, 0.717) is 11.5 Å². The van der Waals surface area contributed by atoms with Crippen LogP contribution in [-0.2, 0) is 6.54 Å². The number of nitrogens with one attached hydrogen (secondary N) is 3. The molecule has 6 aromatic rings. The van der Waals surface area contributed by atoms with Crippen molar-refractivity contribution in [3.8, 4) is 33.2 Å². The van der Waals surface area contributed by atoms with Gasteiger partial charge in [-0.15, -0.1) is 11.3 Å². The number of para-hydroxylation sites is 1. The van der Waals surface area contributed by atoms with Crippen LogP contribution in [0, 0.1) is 12.8 Å². The minimum atomic E-state index is 0.708. The van der Waals surface area contributed by atoms with Gasteiger partial charge in [-0.3, -0.25) is 10.1 Å². The molecular weight excluding hydrogens is 490 g/mol. The Kier molecular flexibility index (Phi) is 5.98. The maximum absolute atomic E-state index is 5.01. The molecular formula is C30H29N7S. The fraction of sp³-hybridized carbons (Fsp3) is 0.267. The van der Waals surface area contributed by atoms with Crippen LogP contribution >= 0.6 is 11.3 Å². The molecule has 3 N–H and O–H groups in total. The predicted octanol–water partition coefficient (Wildman–Crippen LogP) is 6.88. The fourth-order valence-corrected chi connectivity index (χ4v) is 6.40. The van der Waals surface area contributed by atoms with Crippen molar-refractivity contribution in [2.75, 3.05) is 6.54 Å². The molecule has 0 spiro atoms. The van der Waals surface area contributed by atoms with Crippen LogP contribution in [0.5, 0.6) is 0 Å². The largest absolute Gasteiger partial charge is 0.336 e. The first-order valence-electron chi connectivity index (χ1n) is 13.3. The molecule has 0 saturated heterocycles. The lowest BCUT2D eigenvalue weighted by Gasteiger charge is -2.11. The summed E-state index contributed by atoms with van der Waals surface area (Å²) in [6.07, 6.45) is 9.26. The highest BCUT2D eigenvalue weighted by Gasteiger charge is 2.18. The van der Waals surface area contributed by atoms with Crippen LogP contribution in [0.4, 0.5) is 0 Å². The van der Waals surface area contributed by atoms with Gasteiger partial charge < -0.3 is 10.3 Å². The van der Waals surface area contributed by atoms with Crippen LogP contribution in [0.15, 0.2) is 60.9 Å². The molecule has 5 heterocycles. The van der Waals surface area contributed by atoms with Gasteiger partial charge >= 0.3 is 0 Å². The molecule has 7 nitrogen and oxygen atoms in total. The van der Waals surface area contributed by atoms with E-state index >= 15 is 0 Å². The number of rotatable bonds is 7. The molecule has 8 heteroatoms. The number of nitrogens with zero attached hydrogens (tertiary/aromatic N) is 4. The van der Waals surface area contributed by atoms with Gasteiger partial charge in [0.1, 0.15) is 5.52 Å². The van der Waals surface area contributed by atoms with E-state index in [0.717, 1.165) is 57.9 Å². The van der Waals surface area contributed by atoms with E-state index < -0.39 is 0 Å². The van der Waals surface area contributed by atoms with Crippen molar-refractivity contribution in [2.45, 2.75) is 39.2 Å². The van der Waals surface area contributed by atoms with Crippen molar-refractivity contribution < 1.29 is 0 Å². The molecule has 0 aliphatic heterocycles. The fourth-order valence-electron chi connectivity index (χ4n) is 5.51. The number of fused-ring (bicyclic) bond motifs is 2. The van der Waals surface area contributed by atoms with Gasteiger partial charge in [-0.1, -0.05) is 25.0 Å². The Bertz CT molecular complexity index is 1740. The monoisotopic (exact) mass is 519 g/mol. The average Bonchev–Trinajstić information content (AvgIpc) is 3.74. The maximum atomic E-state index is 5.01. The molecule has 190 valence electrons. The van der Waals surface area contributed by atoms with Gasteiger partial charge in [-0.05, 0) is 74.2 Å². The summed E-state index contributed by atoms with van der Waals surface area (Å²) in [5.74, 6) is 1.53. The second-order valence-electron chi connectivity index (χ2n) is 10.2. The van der Waals surface area contributed by atoms with Crippen LogP contribution in [-0.4, -0.2) is 36.7 Å². The highest BCUT2D eigenvalue weighted by Crippen LogP contribution is 2.35. The van der Waals surface area contributed by atoms with Crippen LogP contribution in [0.2, 0.25) is 0 Å². The number of benzene rings is 1. The number of H-pyrrole nitrogens is 2. The first-order chi connectivity index (χ1) is 18.7. The molecule has 1 aromatic carbocycles. The predicted molar refractivity (Wildman–Crippen MR) is 154 cm³/mol. The Morgan fingerprint density at radius 1 is 0.974 bits per heavy atom. The van der Waals surface area contributed by atoms with E-state index in [1.807, 2.05) is 24.5 Å². The van der Waals surface area contributed by atoms with E-state index in [4.69, 9.17) is 9.97 Å². The quantitative estimate of drug-likeness (QED) is 0.214. The third-order valence-corrected chi connectivity index (χ3v) is 8.51. The Morgan fingerprint density at radius 3 is 2.76 bits per heavy atom. The molecule has 1 fully saturated rings. The molecule has 38 heavy (non-hydrogen) atoms. The van der Waals surface area contributed by atoms with E-state index in [2.05, 4.69) is 68.8 Å². The van der Waals surface area contributed by atoms with Crippen molar-refractivity contribution in [2.24, 2.45) is 5.92 Å². The topological polar surface area (TPSA) is 95.2 Å². The summed E-state index contributed by atoms with van der Waals surface area (Å²) in [5.41, 5.74) is 8.48. The third-order valence-electron chi connectivity index (χ3n) is 7.48. The summed E-state index contributed by atoms with van der Waals surface area (Å²) in [7, 11) is 0. The summed E-state index contributed by atoms with van der Waals surface area (Å²) in [6, 6.07) is 16.8. The van der Waals surface area contributed by atoms with Crippen molar-refractivity contribution in [3.63, 3.8) is 0 Å². The summed E-state index contributed by atoms with van der Waals surface area (Å²) in [6.45, 7) is 4.03. The number of aromatic amines is 2. The van der Waals surface area contributed by atoms with E-state index in [1.54, 1.807) is 11.3 Å². The second kappa shape index (κ2) is 9.78. The first-order valence-corrected chi connectivity index (χ1v) is 14.1. The summed E-state index contributed by atoms with van der Waals surface area (Å²) in [4.78, 5) is 20.5. The lowest BCUT2D eigenvalue weighted by molar-refractivity contribution is 0.489. The molecule has 1 saturated carbocycles. The van der Waals surface area contributed by atoms with Crippen LogP contribution in [0.3, 0.4) is 0 Å². The number of pyridine rings is 2. The minimum Gasteiger partial charge on any atom is -0.336 e. The molecule has 7 rings (SSSR count). The van der Waals surface area contributed by atoms with Crippen molar-refractivity contribution in [1.82, 2.24) is 35.5 Å². The zero-order valence-electron chi connectivity index (χ0n) is 21.3. The Labute approximate surface area is 224 Å². The molecule has 0 bridgehead atoms. The SMILES string of the molecule is Cc1ccc(-c2cccc3[nH]c(-c4n[nH]c5ccc(-c6cncc(CNCC7CCCC7)c6)nc45)nc23)s1. The second-order valence-corrected chi connectivity index (χ2v) is 11.5. The molecule has 0 radical (unpaired) electrons. The summed E-state index contributed by atoms with van der Waals surface area (Å²) in [5, 5.41) is 11.3. The summed E-state index contributed by atoms with van der Waals surface area (Å²) < 4.78 is 0. The van der Waals surface area contributed by atoms with E-state index in [-0.39, 0.29) is 0 Å². The lowest BCUT2D eigenvalue weighted by atomic mass is 10.1. The highest BCUT2D eigenvalue weighted by molar-refractivity contribution is 7.15. The zero-order valence-corrected chi connectivity index (χ0v) is 22.1. The molecule has 1 aliphatic rings. The molecule has 0 atom stereocenters. The van der Waals surface area contributed by atoms with Gasteiger partial charge in [-0.25, -0.2) is 9.97 Å². The molecule has 5 aromatic heterocycles. The lowest BCUT2D eigenvalue weighted by Crippen LogP contribution is -2.20. The Balaban J connectivity index is 1.20. The smallest absolute Gasteiger partial charge is 0.161 e. The van der Waals surface area contributed by atoms with Crippen LogP contribution in [0.25, 0.3) is 55.3 Å². The molecule has 0 amide bonds. The highest BCUT2D eigenvalue weighted by atomic mass is 32.1. The Hall–Kier alpha value is -3.88. The molecule has 0 unspecified atom stereocenters. The summed E-state index contributed by atoms with van der Waals surface area (Å²) >= 11 is 1.78.